The molecule has 1 aromatic rings. The predicted molar refractivity (Wildman–Crippen MR) is 58.0 cm³/mol. The summed E-state index contributed by atoms with van der Waals surface area (Å²) >= 11 is 0. The topological polar surface area (TPSA) is 70.3 Å². The van der Waals surface area contributed by atoms with Crippen molar-refractivity contribution >= 4 is 5.82 Å². The maximum Gasteiger partial charge on any atom is 0.136 e. The summed E-state index contributed by atoms with van der Waals surface area (Å²) in [5.74, 6) is 1.73. The van der Waals surface area contributed by atoms with Crippen molar-refractivity contribution in [1.82, 2.24) is 9.97 Å². The van der Waals surface area contributed by atoms with E-state index in [0.29, 0.717) is 24.9 Å². The molecular formula is C11H15N3O2. The summed E-state index contributed by atoms with van der Waals surface area (Å²) in [6.07, 6.45) is 1.83. The first-order chi connectivity index (χ1) is 7.84. The van der Waals surface area contributed by atoms with Crippen molar-refractivity contribution < 1.29 is 9.47 Å². The average molecular weight is 221 g/mol. The van der Waals surface area contributed by atoms with Gasteiger partial charge in [-0.25, -0.2) is 9.97 Å². The minimum absolute atomic E-state index is 0.315. The highest BCUT2D eigenvalue weighted by atomic mass is 16.5. The fourth-order valence-corrected chi connectivity index (χ4v) is 2.20. The molecule has 0 saturated carbocycles. The van der Waals surface area contributed by atoms with E-state index in [2.05, 4.69) is 9.97 Å². The SMILES string of the molecule is Nc1nc(C2CCOC2)nc2c1COCC2. The first-order valence-electron chi connectivity index (χ1n) is 5.65. The van der Waals surface area contributed by atoms with Gasteiger partial charge < -0.3 is 15.2 Å². The molecule has 0 aromatic carbocycles. The summed E-state index contributed by atoms with van der Waals surface area (Å²) in [4.78, 5) is 8.98. The van der Waals surface area contributed by atoms with Crippen LogP contribution in [0.3, 0.4) is 0 Å². The molecule has 1 unspecified atom stereocenters. The summed E-state index contributed by atoms with van der Waals surface area (Å²) < 4.78 is 10.7. The van der Waals surface area contributed by atoms with Crippen molar-refractivity contribution in [2.45, 2.75) is 25.4 Å². The Hall–Kier alpha value is -1.20. The Morgan fingerprint density at radius 2 is 2.12 bits per heavy atom. The molecule has 1 atom stereocenters. The van der Waals surface area contributed by atoms with E-state index in [1.807, 2.05) is 0 Å². The Bertz CT molecular complexity index is 402. The van der Waals surface area contributed by atoms with Gasteiger partial charge in [0, 0.05) is 24.5 Å². The zero-order valence-electron chi connectivity index (χ0n) is 9.11. The number of anilines is 1. The van der Waals surface area contributed by atoms with Crippen LogP contribution in [0.25, 0.3) is 0 Å². The van der Waals surface area contributed by atoms with Gasteiger partial charge in [0.05, 0.1) is 25.5 Å². The Kier molecular flexibility index (Phi) is 2.49. The standard InChI is InChI=1S/C11H15N3O2/c12-10-8-6-16-4-2-9(8)13-11(14-10)7-1-3-15-5-7/h7H,1-6H2,(H2,12,13,14). The van der Waals surface area contributed by atoms with Crippen molar-refractivity contribution in [2.75, 3.05) is 25.6 Å². The van der Waals surface area contributed by atoms with Crippen LogP contribution in [0.15, 0.2) is 0 Å². The van der Waals surface area contributed by atoms with Gasteiger partial charge >= 0.3 is 0 Å². The molecule has 5 nitrogen and oxygen atoms in total. The molecule has 2 aliphatic rings. The van der Waals surface area contributed by atoms with Crippen molar-refractivity contribution in [3.05, 3.63) is 17.1 Å². The van der Waals surface area contributed by atoms with Crippen LogP contribution in [-0.4, -0.2) is 29.8 Å². The molecule has 1 saturated heterocycles. The summed E-state index contributed by atoms with van der Waals surface area (Å²) in [6, 6.07) is 0. The van der Waals surface area contributed by atoms with Gasteiger partial charge in [-0.2, -0.15) is 0 Å². The Morgan fingerprint density at radius 1 is 1.19 bits per heavy atom. The van der Waals surface area contributed by atoms with Crippen LogP contribution in [0.4, 0.5) is 5.82 Å². The molecule has 86 valence electrons. The summed E-state index contributed by atoms with van der Waals surface area (Å²) in [7, 11) is 0. The lowest BCUT2D eigenvalue weighted by molar-refractivity contribution is 0.109. The van der Waals surface area contributed by atoms with E-state index in [1.54, 1.807) is 0 Å². The molecule has 16 heavy (non-hydrogen) atoms. The van der Waals surface area contributed by atoms with Crippen LogP contribution in [0.2, 0.25) is 0 Å². The molecule has 2 aliphatic heterocycles. The van der Waals surface area contributed by atoms with Crippen LogP contribution in [0, 0.1) is 0 Å². The first kappa shape index (κ1) is 9.99. The third-order valence-corrected chi connectivity index (χ3v) is 3.17. The van der Waals surface area contributed by atoms with Gasteiger partial charge in [-0.05, 0) is 6.42 Å². The predicted octanol–water partition coefficient (Wildman–Crippen LogP) is 0.635. The normalized spacial score (nSPS) is 24.4. The quantitative estimate of drug-likeness (QED) is 0.753. The third kappa shape index (κ3) is 1.66. The highest BCUT2D eigenvalue weighted by Crippen LogP contribution is 2.26. The van der Waals surface area contributed by atoms with Crippen LogP contribution < -0.4 is 5.73 Å². The maximum atomic E-state index is 5.94. The number of fused-ring (bicyclic) bond motifs is 1. The Balaban J connectivity index is 1.97. The van der Waals surface area contributed by atoms with E-state index in [1.165, 1.54) is 0 Å². The molecule has 1 aromatic heterocycles. The number of hydrogen-bond acceptors (Lipinski definition) is 5. The first-order valence-corrected chi connectivity index (χ1v) is 5.65. The zero-order chi connectivity index (χ0) is 11.0. The minimum Gasteiger partial charge on any atom is -0.383 e. The lowest BCUT2D eigenvalue weighted by Crippen LogP contribution is -2.18. The Labute approximate surface area is 94.0 Å². The van der Waals surface area contributed by atoms with Gasteiger partial charge in [0.1, 0.15) is 11.6 Å². The van der Waals surface area contributed by atoms with Crippen LogP contribution >= 0.6 is 0 Å². The maximum absolute atomic E-state index is 5.94. The van der Waals surface area contributed by atoms with E-state index < -0.39 is 0 Å². The summed E-state index contributed by atoms with van der Waals surface area (Å²) in [5.41, 5.74) is 7.96. The molecule has 5 heteroatoms. The molecule has 0 aliphatic carbocycles. The lowest BCUT2D eigenvalue weighted by Gasteiger charge is -2.18. The van der Waals surface area contributed by atoms with Gasteiger partial charge in [0.2, 0.25) is 0 Å². The van der Waals surface area contributed by atoms with Crippen molar-refractivity contribution in [3.8, 4) is 0 Å². The van der Waals surface area contributed by atoms with Gasteiger partial charge in [-0.1, -0.05) is 0 Å². The van der Waals surface area contributed by atoms with Gasteiger partial charge in [0.15, 0.2) is 0 Å². The molecule has 3 heterocycles. The molecular weight excluding hydrogens is 206 g/mol. The van der Waals surface area contributed by atoms with Crippen LogP contribution in [0.1, 0.15) is 29.4 Å². The fraction of sp³-hybridized carbons (Fsp3) is 0.636. The largest absolute Gasteiger partial charge is 0.383 e. The highest BCUT2D eigenvalue weighted by molar-refractivity contribution is 5.43. The van der Waals surface area contributed by atoms with Crippen molar-refractivity contribution in [2.24, 2.45) is 0 Å². The van der Waals surface area contributed by atoms with E-state index in [-0.39, 0.29) is 0 Å². The lowest BCUT2D eigenvalue weighted by atomic mass is 10.1. The fourth-order valence-electron chi connectivity index (χ4n) is 2.20. The van der Waals surface area contributed by atoms with E-state index >= 15 is 0 Å². The number of hydrogen-bond donors (Lipinski definition) is 1. The van der Waals surface area contributed by atoms with Crippen molar-refractivity contribution in [3.63, 3.8) is 0 Å². The number of nitrogen functional groups attached to an aromatic ring is 1. The molecule has 0 radical (unpaired) electrons. The molecule has 0 spiro atoms. The van der Waals surface area contributed by atoms with Crippen LogP contribution in [0.5, 0.6) is 0 Å². The molecule has 0 amide bonds. The summed E-state index contributed by atoms with van der Waals surface area (Å²) in [5, 5.41) is 0. The van der Waals surface area contributed by atoms with E-state index in [9.17, 15) is 0 Å². The highest BCUT2D eigenvalue weighted by Gasteiger charge is 2.24. The number of ether oxygens (including phenoxy) is 2. The molecule has 1 fully saturated rings. The minimum atomic E-state index is 0.315. The Morgan fingerprint density at radius 3 is 2.94 bits per heavy atom. The second-order valence-corrected chi connectivity index (χ2v) is 4.26. The van der Waals surface area contributed by atoms with Gasteiger partial charge in [-0.3, -0.25) is 0 Å². The molecule has 3 rings (SSSR count). The molecule has 0 bridgehead atoms. The van der Waals surface area contributed by atoms with Gasteiger partial charge in [-0.15, -0.1) is 0 Å². The second-order valence-electron chi connectivity index (χ2n) is 4.26. The zero-order valence-corrected chi connectivity index (χ0v) is 9.11. The number of aromatic nitrogens is 2. The van der Waals surface area contributed by atoms with E-state index in [4.69, 9.17) is 15.2 Å². The monoisotopic (exact) mass is 221 g/mol. The smallest absolute Gasteiger partial charge is 0.136 e. The number of nitrogens with two attached hydrogens (primary N) is 1. The second kappa shape index (κ2) is 3.99. The number of nitrogens with zero attached hydrogens (tertiary/aromatic N) is 2. The summed E-state index contributed by atoms with van der Waals surface area (Å²) in [6.45, 7) is 2.79. The average Bonchev–Trinajstić information content (AvgIpc) is 2.82. The van der Waals surface area contributed by atoms with Gasteiger partial charge in [0.25, 0.3) is 0 Å². The third-order valence-electron chi connectivity index (χ3n) is 3.17. The van der Waals surface area contributed by atoms with Crippen LogP contribution in [-0.2, 0) is 22.5 Å². The van der Waals surface area contributed by atoms with Crippen molar-refractivity contribution in [1.29, 1.82) is 0 Å². The van der Waals surface area contributed by atoms with E-state index in [0.717, 1.165) is 43.1 Å². The molecule has 2 N–H and O–H groups in total. The number of rotatable bonds is 1.